The normalized spacial score (nSPS) is 20.9. The van der Waals surface area contributed by atoms with Gasteiger partial charge < -0.3 is 4.90 Å². The van der Waals surface area contributed by atoms with Crippen LogP contribution in [0.2, 0.25) is 0 Å². The van der Waals surface area contributed by atoms with E-state index in [1.165, 1.54) is 25.9 Å². The van der Waals surface area contributed by atoms with Gasteiger partial charge in [0.05, 0.1) is 6.07 Å². The van der Waals surface area contributed by atoms with E-state index < -0.39 is 0 Å². The highest BCUT2D eigenvalue weighted by atomic mass is 15.1. The number of nitrogens with one attached hydrogen (secondary N) is 1. The largest absolute Gasteiger partial charge is 0.303 e. The lowest BCUT2D eigenvalue weighted by Crippen LogP contribution is -2.44. The molecule has 0 aromatic rings. The van der Waals surface area contributed by atoms with Gasteiger partial charge in [-0.2, -0.15) is 5.26 Å². The van der Waals surface area contributed by atoms with Crippen LogP contribution in [0.5, 0.6) is 0 Å². The fraction of sp³-hybridized carbons (Fsp3) is 0.938. The van der Waals surface area contributed by atoms with Crippen LogP contribution in [0, 0.1) is 17.2 Å². The van der Waals surface area contributed by atoms with Crippen molar-refractivity contribution in [2.45, 2.75) is 64.8 Å². The summed E-state index contributed by atoms with van der Waals surface area (Å²) in [6.07, 6.45) is 6.78. The average Bonchev–Trinajstić information content (AvgIpc) is 2.45. The molecule has 1 aliphatic rings. The Labute approximate surface area is 119 Å². The topological polar surface area (TPSA) is 39.1 Å². The number of nitriles is 1. The predicted octanol–water partition coefficient (Wildman–Crippen LogP) is 3.17. The second-order valence-corrected chi connectivity index (χ2v) is 6.10. The van der Waals surface area contributed by atoms with Gasteiger partial charge in [0.25, 0.3) is 0 Å². The highest BCUT2D eigenvalue weighted by Crippen LogP contribution is 2.20. The lowest BCUT2D eigenvalue weighted by Gasteiger charge is -2.32. The second kappa shape index (κ2) is 8.55. The third kappa shape index (κ3) is 5.50. The highest BCUT2D eigenvalue weighted by Gasteiger charge is 2.26. The third-order valence-corrected chi connectivity index (χ3v) is 4.49. The summed E-state index contributed by atoms with van der Waals surface area (Å²) in [6, 6.07) is 2.52. The molecule has 3 nitrogen and oxygen atoms in total. The summed E-state index contributed by atoms with van der Waals surface area (Å²) in [6.45, 7) is 11.2. The number of hydrogen-bond acceptors (Lipinski definition) is 3. The zero-order chi connectivity index (χ0) is 14.1. The molecule has 0 aromatic heterocycles. The molecule has 1 saturated heterocycles. The Bertz CT molecular complexity index is 276. The van der Waals surface area contributed by atoms with E-state index >= 15 is 0 Å². The van der Waals surface area contributed by atoms with Crippen molar-refractivity contribution in [3.05, 3.63) is 0 Å². The Morgan fingerprint density at radius 3 is 2.53 bits per heavy atom. The number of likely N-dealkylation sites (tertiary alicyclic amines) is 1. The van der Waals surface area contributed by atoms with E-state index in [0.29, 0.717) is 0 Å². The molecule has 0 aromatic carbocycles. The summed E-state index contributed by atoms with van der Waals surface area (Å²) in [5.74, 6) is 0.899. The molecule has 0 aliphatic carbocycles. The lowest BCUT2D eigenvalue weighted by atomic mass is 9.91. The smallest absolute Gasteiger partial charge is 0.106 e. The molecule has 0 spiro atoms. The van der Waals surface area contributed by atoms with E-state index in [2.05, 4.69) is 37.1 Å². The van der Waals surface area contributed by atoms with Gasteiger partial charge in [-0.1, -0.05) is 20.8 Å². The Kier molecular flexibility index (Phi) is 7.41. The Morgan fingerprint density at radius 1 is 1.32 bits per heavy atom. The van der Waals surface area contributed by atoms with Crippen molar-refractivity contribution in [2.75, 3.05) is 26.2 Å². The molecule has 1 N–H and O–H groups in total. The average molecular weight is 265 g/mol. The molecule has 1 heterocycles. The Balaban J connectivity index is 2.30. The zero-order valence-corrected chi connectivity index (χ0v) is 13.0. The van der Waals surface area contributed by atoms with Crippen LogP contribution in [0.1, 0.15) is 59.3 Å². The maximum Gasteiger partial charge on any atom is 0.106 e. The summed E-state index contributed by atoms with van der Waals surface area (Å²) in [5, 5.41) is 12.9. The summed E-state index contributed by atoms with van der Waals surface area (Å²) < 4.78 is 0. The summed E-state index contributed by atoms with van der Waals surface area (Å²) in [5.41, 5.74) is -0.293. The third-order valence-electron chi connectivity index (χ3n) is 4.49. The number of nitrogens with zero attached hydrogens (tertiary/aromatic N) is 2. The standard InChI is InChI=1S/C16H31N3/c1-4-10-18-16(5-2,14-17)9-6-11-19-12-7-15(3)8-13-19/h15,18H,4-13H2,1-3H3. The van der Waals surface area contributed by atoms with Crippen molar-refractivity contribution in [1.82, 2.24) is 10.2 Å². The van der Waals surface area contributed by atoms with E-state index in [4.69, 9.17) is 0 Å². The second-order valence-electron chi connectivity index (χ2n) is 6.10. The van der Waals surface area contributed by atoms with Crippen LogP contribution in [0.15, 0.2) is 0 Å². The van der Waals surface area contributed by atoms with Gasteiger partial charge in [0, 0.05) is 0 Å². The summed E-state index contributed by atoms with van der Waals surface area (Å²) >= 11 is 0. The summed E-state index contributed by atoms with van der Waals surface area (Å²) in [4.78, 5) is 2.57. The van der Waals surface area contributed by atoms with E-state index in [1.807, 2.05) is 0 Å². The minimum absolute atomic E-state index is 0.293. The molecule has 0 amide bonds. The molecule has 0 radical (unpaired) electrons. The van der Waals surface area contributed by atoms with Gasteiger partial charge in [0.2, 0.25) is 0 Å². The van der Waals surface area contributed by atoms with Gasteiger partial charge in [-0.3, -0.25) is 5.32 Å². The first-order chi connectivity index (χ1) is 9.15. The van der Waals surface area contributed by atoms with Gasteiger partial charge in [-0.05, 0) is 70.6 Å². The number of piperidine rings is 1. The van der Waals surface area contributed by atoms with Gasteiger partial charge in [0.1, 0.15) is 5.54 Å². The van der Waals surface area contributed by atoms with Crippen molar-refractivity contribution in [3.8, 4) is 6.07 Å². The molecule has 110 valence electrons. The quantitative estimate of drug-likeness (QED) is 0.732. The van der Waals surface area contributed by atoms with E-state index in [1.54, 1.807) is 0 Å². The molecule has 0 bridgehead atoms. The van der Waals surface area contributed by atoms with Gasteiger partial charge in [-0.25, -0.2) is 0 Å². The molecular formula is C16H31N3. The van der Waals surface area contributed by atoms with Gasteiger partial charge in [0.15, 0.2) is 0 Å². The molecule has 1 fully saturated rings. The van der Waals surface area contributed by atoms with E-state index in [0.717, 1.165) is 44.7 Å². The van der Waals surface area contributed by atoms with Crippen LogP contribution in [0.4, 0.5) is 0 Å². The first-order valence-electron chi connectivity index (χ1n) is 8.04. The maximum atomic E-state index is 9.45. The number of rotatable bonds is 8. The first kappa shape index (κ1) is 16.5. The van der Waals surface area contributed by atoms with Gasteiger partial charge in [-0.15, -0.1) is 0 Å². The molecule has 0 saturated carbocycles. The monoisotopic (exact) mass is 265 g/mol. The first-order valence-corrected chi connectivity index (χ1v) is 8.04. The summed E-state index contributed by atoms with van der Waals surface area (Å²) in [7, 11) is 0. The highest BCUT2D eigenvalue weighted by molar-refractivity contribution is 5.06. The van der Waals surface area contributed by atoms with Crippen molar-refractivity contribution in [1.29, 1.82) is 5.26 Å². The minimum atomic E-state index is -0.293. The maximum absolute atomic E-state index is 9.45. The molecule has 1 atom stereocenters. The van der Waals surface area contributed by atoms with Crippen molar-refractivity contribution < 1.29 is 0 Å². The minimum Gasteiger partial charge on any atom is -0.303 e. The van der Waals surface area contributed by atoms with Crippen LogP contribution in [0.25, 0.3) is 0 Å². The van der Waals surface area contributed by atoms with Crippen LogP contribution >= 0.6 is 0 Å². The van der Waals surface area contributed by atoms with Crippen LogP contribution in [0.3, 0.4) is 0 Å². The van der Waals surface area contributed by atoms with Crippen LogP contribution in [-0.2, 0) is 0 Å². The van der Waals surface area contributed by atoms with Crippen LogP contribution in [-0.4, -0.2) is 36.6 Å². The molecule has 1 aliphatic heterocycles. The van der Waals surface area contributed by atoms with Crippen LogP contribution < -0.4 is 5.32 Å². The van der Waals surface area contributed by atoms with E-state index in [-0.39, 0.29) is 5.54 Å². The van der Waals surface area contributed by atoms with Crippen molar-refractivity contribution in [2.24, 2.45) is 5.92 Å². The van der Waals surface area contributed by atoms with E-state index in [9.17, 15) is 5.26 Å². The fourth-order valence-corrected chi connectivity index (χ4v) is 2.82. The van der Waals surface area contributed by atoms with Crippen molar-refractivity contribution in [3.63, 3.8) is 0 Å². The molecule has 1 rings (SSSR count). The SMILES string of the molecule is CCCNC(C#N)(CC)CCCN1CCC(C)CC1. The fourth-order valence-electron chi connectivity index (χ4n) is 2.82. The number of hydrogen-bond donors (Lipinski definition) is 1. The predicted molar refractivity (Wildman–Crippen MR) is 81.0 cm³/mol. The lowest BCUT2D eigenvalue weighted by molar-refractivity contribution is 0.184. The molecule has 1 unspecified atom stereocenters. The molecular weight excluding hydrogens is 234 g/mol. The Hall–Kier alpha value is -0.590. The van der Waals surface area contributed by atoms with Crippen molar-refractivity contribution >= 4 is 0 Å². The molecule has 19 heavy (non-hydrogen) atoms. The zero-order valence-electron chi connectivity index (χ0n) is 13.0. The molecule has 3 heteroatoms. The van der Waals surface area contributed by atoms with Gasteiger partial charge >= 0.3 is 0 Å². The Morgan fingerprint density at radius 2 is 2.00 bits per heavy atom.